The largest absolute Gasteiger partial charge is 0.264 e. The first-order valence-electron chi connectivity index (χ1n) is 3.81. The average molecular weight is 159 g/mol. The zero-order valence-electron chi connectivity index (χ0n) is 7.07. The Balaban J connectivity index is 2.94. The highest BCUT2D eigenvalue weighted by Crippen LogP contribution is 2.14. The smallest absolute Gasteiger partial charge is 0.116 e. The average Bonchev–Trinajstić information content (AvgIpc) is 2.07. The van der Waals surface area contributed by atoms with Gasteiger partial charge in [0.15, 0.2) is 0 Å². The lowest BCUT2D eigenvalue weighted by Crippen LogP contribution is -1.90. The van der Waals surface area contributed by atoms with Crippen LogP contribution >= 0.6 is 0 Å². The number of hydrogen-bond acceptors (Lipinski definition) is 3. The lowest BCUT2D eigenvalue weighted by atomic mass is 10.2. The van der Waals surface area contributed by atoms with Crippen molar-refractivity contribution >= 4 is 10.9 Å². The summed E-state index contributed by atoms with van der Waals surface area (Å²) in [6.45, 7) is 3.97. The minimum absolute atomic E-state index is 0.983. The molecule has 2 heterocycles. The second kappa shape index (κ2) is 2.52. The second-order valence-corrected chi connectivity index (χ2v) is 2.81. The van der Waals surface area contributed by atoms with Gasteiger partial charge in [0.25, 0.3) is 0 Å². The molecule has 0 saturated carbocycles. The van der Waals surface area contributed by atoms with E-state index in [0.29, 0.717) is 0 Å². The van der Waals surface area contributed by atoms with Crippen LogP contribution in [0.2, 0.25) is 0 Å². The van der Waals surface area contributed by atoms with E-state index >= 15 is 0 Å². The summed E-state index contributed by atoms with van der Waals surface area (Å²) in [7, 11) is 0. The Morgan fingerprint density at radius 1 is 1.08 bits per heavy atom. The third-order valence-electron chi connectivity index (χ3n) is 1.93. The van der Waals surface area contributed by atoms with Crippen LogP contribution in [0.3, 0.4) is 0 Å². The molecule has 2 aromatic heterocycles. The molecule has 60 valence electrons. The van der Waals surface area contributed by atoms with E-state index in [9.17, 15) is 0 Å². The summed E-state index contributed by atoms with van der Waals surface area (Å²) in [5.41, 5.74) is 3.08. The van der Waals surface area contributed by atoms with Crippen LogP contribution in [0.15, 0.2) is 18.7 Å². The van der Waals surface area contributed by atoms with Crippen molar-refractivity contribution in [2.24, 2.45) is 0 Å². The van der Waals surface area contributed by atoms with Gasteiger partial charge in [0.2, 0.25) is 0 Å². The quantitative estimate of drug-likeness (QED) is 0.586. The maximum absolute atomic E-state index is 4.19. The predicted octanol–water partition coefficient (Wildman–Crippen LogP) is 1.64. The van der Waals surface area contributed by atoms with Crippen LogP contribution in [-0.4, -0.2) is 15.0 Å². The van der Waals surface area contributed by atoms with E-state index in [4.69, 9.17) is 0 Å². The third-order valence-corrected chi connectivity index (χ3v) is 1.93. The Morgan fingerprint density at radius 2 is 1.92 bits per heavy atom. The molecular formula is C9H9N3. The maximum Gasteiger partial charge on any atom is 0.116 e. The van der Waals surface area contributed by atoms with Gasteiger partial charge in [-0.05, 0) is 19.4 Å². The number of pyridine rings is 1. The summed E-state index contributed by atoms with van der Waals surface area (Å²) in [5.74, 6) is 0. The molecule has 0 aliphatic carbocycles. The number of nitrogens with zero attached hydrogens (tertiary/aromatic N) is 3. The predicted molar refractivity (Wildman–Crippen MR) is 46.8 cm³/mol. The number of rotatable bonds is 0. The van der Waals surface area contributed by atoms with Crippen molar-refractivity contribution < 1.29 is 0 Å². The zero-order chi connectivity index (χ0) is 8.55. The van der Waals surface area contributed by atoms with Crippen LogP contribution in [0.5, 0.6) is 0 Å². The third kappa shape index (κ3) is 0.942. The molecule has 0 bridgehead atoms. The van der Waals surface area contributed by atoms with Crippen LogP contribution in [0.1, 0.15) is 11.3 Å². The van der Waals surface area contributed by atoms with Crippen LogP contribution < -0.4 is 0 Å². The van der Waals surface area contributed by atoms with Gasteiger partial charge in [-0.2, -0.15) is 0 Å². The Kier molecular flexibility index (Phi) is 1.50. The van der Waals surface area contributed by atoms with Crippen molar-refractivity contribution in [2.75, 3.05) is 0 Å². The molecule has 12 heavy (non-hydrogen) atoms. The standard InChI is InChI=1S/C9H9N3/c1-6-3-10-4-8-7(2)11-5-12-9(6)8/h3-5H,1-2H3. The van der Waals surface area contributed by atoms with Crippen LogP contribution in [0.4, 0.5) is 0 Å². The molecular weight excluding hydrogens is 150 g/mol. The van der Waals surface area contributed by atoms with Gasteiger partial charge in [-0.15, -0.1) is 0 Å². The van der Waals surface area contributed by atoms with E-state index in [2.05, 4.69) is 15.0 Å². The van der Waals surface area contributed by atoms with Crippen molar-refractivity contribution in [2.45, 2.75) is 13.8 Å². The first-order valence-corrected chi connectivity index (χ1v) is 3.81. The fourth-order valence-electron chi connectivity index (χ4n) is 1.24. The molecule has 0 aromatic carbocycles. The topological polar surface area (TPSA) is 38.7 Å². The lowest BCUT2D eigenvalue weighted by Gasteiger charge is -2.00. The van der Waals surface area contributed by atoms with Crippen molar-refractivity contribution in [1.29, 1.82) is 0 Å². The van der Waals surface area contributed by atoms with Gasteiger partial charge in [-0.1, -0.05) is 0 Å². The zero-order valence-corrected chi connectivity index (χ0v) is 7.07. The van der Waals surface area contributed by atoms with Crippen LogP contribution in [-0.2, 0) is 0 Å². The molecule has 3 nitrogen and oxygen atoms in total. The van der Waals surface area contributed by atoms with E-state index in [1.54, 1.807) is 12.5 Å². The molecule has 0 atom stereocenters. The van der Waals surface area contributed by atoms with E-state index < -0.39 is 0 Å². The van der Waals surface area contributed by atoms with Gasteiger partial charge >= 0.3 is 0 Å². The molecule has 0 saturated heterocycles. The molecule has 0 radical (unpaired) electrons. The van der Waals surface area contributed by atoms with Crippen LogP contribution in [0, 0.1) is 13.8 Å². The Hall–Kier alpha value is -1.51. The summed E-state index contributed by atoms with van der Waals surface area (Å²) in [6.07, 6.45) is 5.21. The molecule has 0 N–H and O–H groups in total. The van der Waals surface area contributed by atoms with Gasteiger partial charge in [-0.3, -0.25) is 4.98 Å². The van der Waals surface area contributed by atoms with Gasteiger partial charge in [0, 0.05) is 17.8 Å². The SMILES string of the molecule is Cc1ncnc2c(C)cncc12. The molecule has 2 aromatic rings. The fraction of sp³-hybridized carbons (Fsp3) is 0.222. The summed E-state index contributed by atoms with van der Waals surface area (Å²) in [4.78, 5) is 12.4. The molecule has 0 aliphatic rings. The molecule has 0 aliphatic heterocycles. The molecule has 0 spiro atoms. The molecule has 3 heteroatoms. The molecule has 0 fully saturated rings. The van der Waals surface area contributed by atoms with Crippen molar-refractivity contribution in [3.63, 3.8) is 0 Å². The van der Waals surface area contributed by atoms with E-state index in [1.165, 1.54) is 0 Å². The first kappa shape index (κ1) is 7.16. The van der Waals surface area contributed by atoms with Gasteiger partial charge in [0.05, 0.1) is 11.2 Å². The minimum atomic E-state index is 0.983. The lowest BCUT2D eigenvalue weighted by molar-refractivity contribution is 1.13. The highest BCUT2D eigenvalue weighted by Gasteiger charge is 2.00. The molecule has 2 rings (SSSR count). The number of aryl methyl sites for hydroxylation is 2. The monoisotopic (exact) mass is 159 g/mol. The first-order chi connectivity index (χ1) is 5.79. The van der Waals surface area contributed by atoms with Crippen molar-refractivity contribution in [1.82, 2.24) is 15.0 Å². The summed E-state index contributed by atoms with van der Waals surface area (Å²) in [6, 6.07) is 0. The maximum atomic E-state index is 4.19. The Labute approximate surface area is 70.5 Å². The number of aromatic nitrogens is 3. The highest BCUT2D eigenvalue weighted by molar-refractivity contribution is 5.81. The fourth-order valence-corrected chi connectivity index (χ4v) is 1.24. The Morgan fingerprint density at radius 3 is 2.67 bits per heavy atom. The van der Waals surface area contributed by atoms with Gasteiger partial charge < -0.3 is 0 Å². The summed E-state index contributed by atoms with van der Waals surface area (Å²) in [5, 5.41) is 1.04. The Bertz CT molecular complexity index is 382. The summed E-state index contributed by atoms with van der Waals surface area (Å²) >= 11 is 0. The highest BCUT2D eigenvalue weighted by atomic mass is 14.8. The molecule has 0 amide bonds. The van der Waals surface area contributed by atoms with Gasteiger partial charge in [-0.25, -0.2) is 9.97 Å². The summed E-state index contributed by atoms with van der Waals surface area (Å²) < 4.78 is 0. The number of hydrogen-bond donors (Lipinski definition) is 0. The van der Waals surface area contributed by atoms with Crippen LogP contribution in [0.25, 0.3) is 10.9 Å². The second-order valence-electron chi connectivity index (χ2n) is 2.81. The van der Waals surface area contributed by atoms with Gasteiger partial charge in [0.1, 0.15) is 6.33 Å². The van der Waals surface area contributed by atoms with E-state index in [1.807, 2.05) is 20.0 Å². The van der Waals surface area contributed by atoms with Crippen molar-refractivity contribution in [3.8, 4) is 0 Å². The number of fused-ring (bicyclic) bond motifs is 1. The minimum Gasteiger partial charge on any atom is -0.264 e. The molecule has 0 unspecified atom stereocenters. The normalized spacial score (nSPS) is 10.5. The van der Waals surface area contributed by atoms with E-state index in [0.717, 1.165) is 22.2 Å². The van der Waals surface area contributed by atoms with E-state index in [-0.39, 0.29) is 0 Å². The van der Waals surface area contributed by atoms with Crippen molar-refractivity contribution in [3.05, 3.63) is 30.0 Å².